The van der Waals surface area contributed by atoms with Gasteiger partial charge in [0.15, 0.2) is 0 Å². The van der Waals surface area contributed by atoms with Crippen LogP contribution in [0.5, 0.6) is 0 Å². The van der Waals surface area contributed by atoms with Gasteiger partial charge in [0.25, 0.3) is 5.91 Å². The first-order valence-corrected chi connectivity index (χ1v) is 5.97. The Hall–Kier alpha value is -1.05. The highest BCUT2D eigenvalue weighted by molar-refractivity contribution is 5.92. The lowest BCUT2D eigenvalue weighted by molar-refractivity contribution is -0.137. The van der Waals surface area contributed by atoms with Crippen molar-refractivity contribution in [2.24, 2.45) is 0 Å². The minimum atomic E-state index is -4.44. The van der Waals surface area contributed by atoms with E-state index in [1.54, 1.807) is 0 Å². The molecular formula is C12H18Cl2F3N3O. The van der Waals surface area contributed by atoms with Crippen LogP contribution in [0.2, 0.25) is 0 Å². The number of halogens is 5. The fourth-order valence-corrected chi connectivity index (χ4v) is 1.35. The molecule has 2 N–H and O–H groups in total. The second-order valence-corrected chi connectivity index (χ2v) is 3.94. The standard InChI is InChI=1S/C12H16F3N3O.2ClH/c1-2-5-16-6-7-17-11(19)10-4-3-9(8-18-10)12(13,14)15;;/h3-4,8,16H,2,5-7H2,1H3,(H,17,19);2*1H. The van der Waals surface area contributed by atoms with Gasteiger partial charge in [0.2, 0.25) is 0 Å². The monoisotopic (exact) mass is 347 g/mol. The lowest BCUT2D eigenvalue weighted by atomic mass is 10.2. The molecule has 0 radical (unpaired) electrons. The van der Waals surface area contributed by atoms with E-state index >= 15 is 0 Å². The van der Waals surface area contributed by atoms with Gasteiger partial charge in [0.1, 0.15) is 5.69 Å². The molecular weight excluding hydrogens is 330 g/mol. The maximum atomic E-state index is 12.3. The molecule has 1 rings (SSSR count). The summed E-state index contributed by atoms with van der Waals surface area (Å²) in [6.07, 6.45) is -2.79. The van der Waals surface area contributed by atoms with Crippen LogP contribution in [0.15, 0.2) is 18.3 Å². The van der Waals surface area contributed by atoms with Gasteiger partial charge in [-0.1, -0.05) is 6.92 Å². The van der Waals surface area contributed by atoms with Gasteiger partial charge in [-0.25, -0.2) is 0 Å². The van der Waals surface area contributed by atoms with E-state index in [2.05, 4.69) is 15.6 Å². The number of carbonyl (C=O) groups is 1. The van der Waals surface area contributed by atoms with Crippen LogP contribution in [-0.4, -0.2) is 30.5 Å². The summed E-state index contributed by atoms with van der Waals surface area (Å²) in [5, 5.41) is 5.66. The Bertz CT molecular complexity index is 413. The summed E-state index contributed by atoms with van der Waals surface area (Å²) in [7, 11) is 0. The van der Waals surface area contributed by atoms with E-state index in [9.17, 15) is 18.0 Å². The van der Waals surface area contributed by atoms with E-state index in [0.29, 0.717) is 19.3 Å². The fourth-order valence-electron chi connectivity index (χ4n) is 1.35. The van der Waals surface area contributed by atoms with Gasteiger partial charge in [-0.15, -0.1) is 24.8 Å². The third-order valence-corrected chi connectivity index (χ3v) is 2.34. The Labute approximate surface area is 133 Å². The van der Waals surface area contributed by atoms with Gasteiger partial charge >= 0.3 is 6.18 Å². The first-order chi connectivity index (χ1) is 8.95. The average molecular weight is 348 g/mol. The molecule has 0 aliphatic heterocycles. The number of alkyl halides is 3. The second-order valence-electron chi connectivity index (χ2n) is 3.94. The van der Waals surface area contributed by atoms with Crippen molar-refractivity contribution in [3.05, 3.63) is 29.6 Å². The van der Waals surface area contributed by atoms with Crippen molar-refractivity contribution in [2.75, 3.05) is 19.6 Å². The van der Waals surface area contributed by atoms with Crippen molar-refractivity contribution in [1.82, 2.24) is 15.6 Å². The largest absolute Gasteiger partial charge is 0.417 e. The Kier molecular flexibility index (Phi) is 11.3. The molecule has 1 aromatic rings. The van der Waals surface area contributed by atoms with Crippen molar-refractivity contribution in [2.45, 2.75) is 19.5 Å². The van der Waals surface area contributed by atoms with Gasteiger partial charge in [-0.05, 0) is 25.1 Å². The van der Waals surface area contributed by atoms with E-state index < -0.39 is 17.6 Å². The first kappa shape index (κ1) is 22.2. The molecule has 0 fully saturated rings. The summed E-state index contributed by atoms with van der Waals surface area (Å²) in [5.74, 6) is -0.480. The molecule has 0 spiro atoms. The third-order valence-electron chi connectivity index (χ3n) is 2.34. The zero-order valence-corrected chi connectivity index (χ0v) is 13.0. The number of nitrogens with zero attached hydrogens (tertiary/aromatic N) is 1. The van der Waals surface area contributed by atoms with E-state index in [0.717, 1.165) is 25.1 Å². The van der Waals surface area contributed by atoms with E-state index in [-0.39, 0.29) is 30.5 Å². The minimum absolute atomic E-state index is 0. The Balaban J connectivity index is 0. The Morgan fingerprint density at radius 2 is 1.86 bits per heavy atom. The molecule has 0 aliphatic rings. The van der Waals surface area contributed by atoms with Crippen LogP contribution < -0.4 is 10.6 Å². The summed E-state index contributed by atoms with van der Waals surface area (Å²) >= 11 is 0. The van der Waals surface area contributed by atoms with Gasteiger partial charge in [0, 0.05) is 19.3 Å². The van der Waals surface area contributed by atoms with E-state index in [1.165, 1.54) is 0 Å². The van der Waals surface area contributed by atoms with Gasteiger partial charge < -0.3 is 10.6 Å². The normalized spacial score (nSPS) is 10.3. The zero-order chi connectivity index (χ0) is 14.3. The molecule has 4 nitrogen and oxygen atoms in total. The van der Waals surface area contributed by atoms with Crippen molar-refractivity contribution in [1.29, 1.82) is 0 Å². The number of nitrogens with one attached hydrogen (secondary N) is 2. The maximum Gasteiger partial charge on any atom is 0.417 e. The smallest absolute Gasteiger partial charge is 0.349 e. The van der Waals surface area contributed by atoms with Gasteiger partial charge in [-0.3, -0.25) is 9.78 Å². The third kappa shape index (κ3) is 8.08. The van der Waals surface area contributed by atoms with Gasteiger partial charge in [0.05, 0.1) is 5.56 Å². The predicted molar refractivity (Wildman–Crippen MR) is 79.2 cm³/mol. The molecule has 21 heavy (non-hydrogen) atoms. The summed E-state index contributed by atoms with van der Waals surface area (Å²) in [4.78, 5) is 15.1. The Morgan fingerprint density at radius 3 is 2.33 bits per heavy atom. The van der Waals surface area contributed by atoms with Crippen LogP contribution in [0.3, 0.4) is 0 Å². The first-order valence-electron chi connectivity index (χ1n) is 5.97. The quantitative estimate of drug-likeness (QED) is 0.778. The van der Waals surface area contributed by atoms with Crippen molar-refractivity contribution >= 4 is 30.7 Å². The van der Waals surface area contributed by atoms with E-state index in [4.69, 9.17) is 0 Å². The van der Waals surface area contributed by atoms with Crippen LogP contribution in [0, 0.1) is 0 Å². The SMILES string of the molecule is CCCNCCNC(=O)c1ccc(C(F)(F)F)cn1.Cl.Cl. The molecule has 0 unspecified atom stereocenters. The number of hydrogen-bond acceptors (Lipinski definition) is 3. The lowest BCUT2D eigenvalue weighted by Gasteiger charge is -2.08. The highest BCUT2D eigenvalue weighted by Gasteiger charge is 2.30. The van der Waals surface area contributed by atoms with Crippen molar-refractivity contribution < 1.29 is 18.0 Å². The molecule has 0 aliphatic carbocycles. The molecule has 0 atom stereocenters. The number of amides is 1. The molecule has 0 bridgehead atoms. The Morgan fingerprint density at radius 1 is 1.19 bits per heavy atom. The summed E-state index contributed by atoms with van der Waals surface area (Å²) in [5.41, 5.74) is -0.892. The number of carbonyl (C=O) groups excluding carboxylic acids is 1. The molecule has 9 heteroatoms. The highest BCUT2D eigenvalue weighted by Crippen LogP contribution is 2.28. The van der Waals surface area contributed by atoms with Crippen LogP contribution in [0.4, 0.5) is 13.2 Å². The average Bonchev–Trinajstić information content (AvgIpc) is 2.37. The van der Waals surface area contributed by atoms with Crippen LogP contribution in [0.1, 0.15) is 29.4 Å². The number of pyridine rings is 1. The summed E-state index contributed by atoms with van der Waals surface area (Å²) in [6.45, 7) is 3.90. The minimum Gasteiger partial charge on any atom is -0.349 e. The summed E-state index contributed by atoms with van der Waals surface area (Å²) in [6, 6.07) is 1.91. The van der Waals surface area contributed by atoms with Gasteiger partial charge in [-0.2, -0.15) is 13.2 Å². The molecule has 1 aromatic heterocycles. The zero-order valence-electron chi connectivity index (χ0n) is 11.4. The number of aromatic nitrogens is 1. The molecule has 0 saturated carbocycles. The van der Waals surface area contributed by atoms with Crippen molar-refractivity contribution in [3.8, 4) is 0 Å². The van der Waals surface area contributed by atoms with Crippen LogP contribution in [-0.2, 0) is 6.18 Å². The number of rotatable bonds is 6. The number of hydrogen-bond donors (Lipinski definition) is 2. The highest BCUT2D eigenvalue weighted by atomic mass is 35.5. The second kappa shape index (κ2) is 10.6. The maximum absolute atomic E-state index is 12.3. The molecule has 1 amide bonds. The van der Waals surface area contributed by atoms with E-state index in [1.807, 2.05) is 6.92 Å². The van der Waals surface area contributed by atoms with Crippen LogP contribution in [0.25, 0.3) is 0 Å². The molecule has 0 saturated heterocycles. The molecule has 0 aromatic carbocycles. The predicted octanol–water partition coefficient (Wildman–Crippen LogP) is 2.67. The molecule has 1 heterocycles. The van der Waals surface area contributed by atoms with Crippen LogP contribution >= 0.6 is 24.8 Å². The van der Waals surface area contributed by atoms with Crippen molar-refractivity contribution in [3.63, 3.8) is 0 Å². The lowest BCUT2D eigenvalue weighted by Crippen LogP contribution is -2.32. The summed E-state index contributed by atoms with van der Waals surface area (Å²) < 4.78 is 36.9. The fraction of sp³-hybridized carbons (Fsp3) is 0.500. The topological polar surface area (TPSA) is 54.0 Å². The molecule has 122 valence electrons.